The molecular formula is C18H18N4O4. The molecule has 0 unspecified atom stereocenters. The van der Waals surface area contributed by atoms with Gasteiger partial charge in [-0.3, -0.25) is 24.6 Å². The topological polar surface area (TPSA) is 105 Å². The summed E-state index contributed by atoms with van der Waals surface area (Å²) in [5.74, 6) is -0.749. The summed E-state index contributed by atoms with van der Waals surface area (Å²) in [6.07, 6.45) is 5.49. The highest BCUT2D eigenvalue weighted by Crippen LogP contribution is 2.32. The minimum atomic E-state index is -0.557. The number of benzene rings is 1. The van der Waals surface area contributed by atoms with E-state index in [4.69, 9.17) is 4.42 Å². The van der Waals surface area contributed by atoms with Crippen LogP contribution in [0.25, 0.3) is 0 Å². The standard InChI is InChI=1S/C18H18N4O4/c23-14(10-22-16(24)12-8-4-5-9-13(12)17(22)25)19-18-21-20-15(26-18)11-6-2-1-3-7-11/h4-5,8-9,11H,1-3,6-7,10H2,(H,19,21,23). The van der Waals surface area contributed by atoms with Gasteiger partial charge in [0.05, 0.1) is 11.1 Å². The monoisotopic (exact) mass is 354 g/mol. The molecule has 8 nitrogen and oxygen atoms in total. The first-order chi connectivity index (χ1) is 12.6. The zero-order chi connectivity index (χ0) is 18.1. The summed E-state index contributed by atoms with van der Waals surface area (Å²) < 4.78 is 5.53. The van der Waals surface area contributed by atoms with Crippen LogP contribution in [0.5, 0.6) is 0 Å². The van der Waals surface area contributed by atoms with Crippen LogP contribution in [0.2, 0.25) is 0 Å². The Morgan fingerprint density at radius 2 is 1.73 bits per heavy atom. The van der Waals surface area contributed by atoms with Crippen molar-refractivity contribution in [3.8, 4) is 0 Å². The van der Waals surface area contributed by atoms with E-state index in [1.807, 2.05) is 0 Å². The maximum atomic E-state index is 12.3. The lowest BCUT2D eigenvalue weighted by molar-refractivity contribution is -0.116. The van der Waals surface area contributed by atoms with Crippen LogP contribution in [0.1, 0.15) is 64.6 Å². The Morgan fingerprint density at radius 3 is 2.38 bits per heavy atom. The molecule has 1 N–H and O–H groups in total. The van der Waals surface area contributed by atoms with E-state index in [-0.39, 0.29) is 11.9 Å². The quantitative estimate of drug-likeness (QED) is 0.845. The number of rotatable bonds is 4. The summed E-state index contributed by atoms with van der Waals surface area (Å²) in [6, 6.07) is 6.49. The third kappa shape index (κ3) is 2.98. The molecule has 4 rings (SSSR count). The van der Waals surface area contributed by atoms with E-state index in [0.717, 1.165) is 30.6 Å². The van der Waals surface area contributed by atoms with Crippen molar-refractivity contribution in [1.82, 2.24) is 15.1 Å². The number of carbonyl (C=O) groups is 3. The van der Waals surface area contributed by atoms with E-state index in [0.29, 0.717) is 17.0 Å². The van der Waals surface area contributed by atoms with Gasteiger partial charge in [-0.15, -0.1) is 5.10 Å². The molecule has 0 bridgehead atoms. The molecule has 1 aliphatic heterocycles. The Bertz CT molecular complexity index is 835. The minimum absolute atomic E-state index is 0.00724. The molecule has 0 atom stereocenters. The third-order valence-corrected chi connectivity index (χ3v) is 4.82. The van der Waals surface area contributed by atoms with Gasteiger partial charge < -0.3 is 4.42 Å². The summed E-state index contributed by atoms with van der Waals surface area (Å²) in [5.41, 5.74) is 0.616. The van der Waals surface area contributed by atoms with Gasteiger partial charge in [-0.1, -0.05) is 36.5 Å². The van der Waals surface area contributed by atoms with E-state index in [1.54, 1.807) is 24.3 Å². The first-order valence-corrected chi connectivity index (χ1v) is 8.72. The highest BCUT2D eigenvalue weighted by Gasteiger charge is 2.36. The summed E-state index contributed by atoms with van der Waals surface area (Å²) in [6.45, 7) is -0.395. The van der Waals surface area contributed by atoms with Crippen LogP contribution in [-0.4, -0.2) is 39.4 Å². The zero-order valence-corrected chi connectivity index (χ0v) is 14.1. The molecular weight excluding hydrogens is 336 g/mol. The Balaban J connectivity index is 1.40. The number of carbonyl (C=O) groups excluding carboxylic acids is 3. The number of imide groups is 1. The van der Waals surface area contributed by atoms with E-state index >= 15 is 0 Å². The van der Waals surface area contributed by atoms with Crippen LogP contribution in [0.4, 0.5) is 6.01 Å². The minimum Gasteiger partial charge on any atom is -0.408 e. The number of amides is 3. The van der Waals surface area contributed by atoms with Crippen LogP contribution < -0.4 is 5.32 Å². The van der Waals surface area contributed by atoms with Crippen LogP contribution >= 0.6 is 0 Å². The summed E-state index contributed by atoms with van der Waals surface area (Å²) >= 11 is 0. The van der Waals surface area contributed by atoms with Gasteiger partial charge >= 0.3 is 6.01 Å². The Morgan fingerprint density at radius 1 is 1.08 bits per heavy atom. The molecule has 1 fully saturated rings. The molecule has 1 saturated carbocycles. The van der Waals surface area contributed by atoms with Crippen molar-refractivity contribution in [2.75, 3.05) is 11.9 Å². The molecule has 3 amide bonds. The van der Waals surface area contributed by atoms with Crippen molar-refractivity contribution in [3.05, 3.63) is 41.3 Å². The molecule has 2 aliphatic rings. The van der Waals surface area contributed by atoms with Crippen molar-refractivity contribution in [1.29, 1.82) is 0 Å². The van der Waals surface area contributed by atoms with Crippen molar-refractivity contribution in [3.63, 3.8) is 0 Å². The summed E-state index contributed by atoms with van der Waals surface area (Å²) in [5, 5.41) is 10.3. The predicted molar refractivity (Wildman–Crippen MR) is 90.6 cm³/mol. The average Bonchev–Trinajstić information content (AvgIpc) is 3.22. The van der Waals surface area contributed by atoms with Crippen LogP contribution in [0.15, 0.2) is 28.7 Å². The molecule has 134 valence electrons. The van der Waals surface area contributed by atoms with Gasteiger partial charge in [-0.25, -0.2) is 0 Å². The Kier molecular flexibility index (Phi) is 4.24. The highest BCUT2D eigenvalue weighted by atomic mass is 16.4. The van der Waals surface area contributed by atoms with E-state index in [2.05, 4.69) is 15.5 Å². The van der Waals surface area contributed by atoms with E-state index in [1.165, 1.54) is 6.42 Å². The molecule has 8 heteroatoms. The molecule has 1 aromatic heterocycles. The fraction of sp³-hybridized carbons (Fsp3) is 0.389. The second-order valence-corrected chi connectivity index (χ2v) is 6.57. The fourth-order valence-electron chi connectivity index (χ4n) is 3.48. The van der Waals surface area contributed by atoms with Gasteiger partial charge in [-0.2, -0.15) is 0 Å². The number of aromatic nitrogens is 2. The number of anilines is 1. The van der Waals surface area contributed by atoms with Gasteiger partial charge in [0, 0.05) is 5.92 Å². The molecule has 0 radical (unpaired) electrons. The Hall–Kier alpha value is -3.03. The van der Waals surface area contributed by atoms with Crippen LogP contribution in [-0.2, 0) is 4.79 Å². The lowest BCUT2D eigenvalue weighted by Crippen LogP contribution is -2.37. The van der Waals surface area contributed by atoms with E-state index in [9.17, 15) is 14.4 Å². The van der Waals surface area contributed by atoms with Crippen molar-refractivity contribution >= 4 is 23.7 Å². The lowest BCUT2D eigenvalue weighted by atomic mass is 9.89. The SMILES string of the molecule is O=C(CN1C(=O)c2ccccc2C1=O)Nc1nnc(C2CCCCC2)o1. The molecule has 0 spiro atoms. The smallest absolute Gasteiger partial charge is 0.322 e. The second kappa shape index (κ2) is 6.70. The number of hydrogen-bond acceptors (Lipinski definition) is 6. The van der Waals surface area contributed by atoms with Gasteiger partial charge in [0.15, 0.2) is 0 Å². The fourth-order valence-corrected chi connectivity index (χ4v) is 3.48. The van der Waals surface area contributed by atoms with Gasteiger partial charge in [0.2, 0.25) is 11.8 Å². The Labute approximate surface area is 149 Å². The number of nitrogens with one attached hydrogen (secondary N) is 1. The highest BCUT2D eigenvalue weighted by molar-refractivity contribution is 6.22. The van der Waals surface area contributed by atoms with Gasteiger partial charge in [-0.05, 0) is 25.0 Å². The van der Waals surface area contributed by atoms with Crippen LogP contribution in [0, 0.1) is 0 Å². The molecule has 2 aromatic rings. The van der Waals surface area contributed by atoms with E-state index < -0.39 is 24.3 Å². The maximum absolute atomic E-state index is 12.3. The normalized spacial score (nSPS) is 17.5. The third-order valence-electron chi connectivity index (χ3n) is 4.82. The predicted octanol–water partition coefficient (Wildman–Crippen LogP) is 2.35. The largest absolute Gasteiger partial charge is 0.408 e. The zero-order valence-electron chi connectivity index (χ0n) is 14.1. The number of fused-ring (bicyclic) bond motifs is 1. The first-order valence-electron chi connectivity index (χ1n) is 8.72. The molecule has 1 aliphatic carbocycles. The molecule has 0 saturated heterocycles. The molecule has 2 heterocycles. The average molecular weight is 354 g/mol. The van der Waals surface area contributed by atoms with Crippen molar-refractivity contribution in [2.24, 2.45) is 0 Å². The van der Waals surface area contributed by atoms with Crippen LogP contribution in [0.3, 0.4) is 0 Å². The molecule has 26 heavy (non-hydrogen) atoms. The van der Waals surface area contributed by atoms with Crippen molar-refractivity contribution in [2.45, 2.75) is 38.0 Å². The van der Waals surface area contributed by atoms with Gasteiger partial charge in [0.25, 0.3) is 11.8 Å². The van der Waals surface area contributed by atoms with Crippen molar-refractivity contribution < 1.29 is 18.8 Å². The summed E-state index contributed by atoms with van der Waals surface area (Å²) in [7, 11) is 0. The second-order valence-electron chi connectivity index (χ2n) is 6.57. The number of hydrogen-bond donors (Lipinski definition) is 1. The lowest BCUT2D eigenvalue weighted by Gasteiger charge is -2.17. The number of nitrogens with zero attached hydrogens (tertiary/aromatic N) is 3. The molecule has 1 aromatic carbocycles. The maximum Gasteiger partial charge on any atom is 0.322 e. The summed E-state index contributed by atoms with van der Waals surface area (Å²) in [4.78, 5) is 37.7. The van der Waals surface area contributed by atoms with Gasteiger partial charge in [0.1, 0.15) is 6.54 Å². The first kappa shape index (κ1) is 16.4.